The van der Waals surface area contributed by atoms with Crippen molar-refractivity contribution in [1.82, 2.24) is 44.4 Å². The van der Waals surface area contributed by atoms with Gasteiger partial charge in [0.05, 0.1) is 48.4 Å². The molecule has 6 aromatic rings. The van der Waals surface area contributed by atoms with Gasteiger partial charge in [0.2, 0.25) is 17.8 Å². The Labute approximate surface area is 314 Å². The number of allylic oxidation sites excluding steroid dienone is 2. The first-order valence-electron chi connectivity index (χ1n) is 17.4. The SMILES string of the molecule is CCn1nc(C)cc1C(=O)Nc1nc2cc(C(N)=O)cc(OC)c2n1C/C=C/Cn1c(NC(=O)c2ccnnc2)nc2cc(C=O)cc(OCCCNC)c21. The number of imidazole rings is 2. The van der Waals surface area contributed by atoms with Gasteiger partial charge < -0.3 is 29.7 Å². The zero-order chi connectivity index (χ0) is 39.1. The molecule has 0 bridgehead atoms. The lowest BCUT2D eigenvalue weighted by molar-refractivity contribution is 0.0995. The molecule has 5 N–H and O–H groups in total. The summed E-state index contributed by atoms with van der Waals surface area (Å²) in [5.41, 5.74) is 9.35. The lowest BCUT2D eigenvalue weighted by atomic mass is 10.1. The first-order valence-corrected chi connectivity index (χ1v) is 17.4. The van der Waals surface area contributed by atoms with Gasteiger partial charge >= 0.3 is 0 Å². The molecule has 0 radical (unpaired) electrons. The van der Waals surface area contributed by atoms with Crippen LogP contribution in [-0.4, -0.2) is 90.4 Å². The number of carbonyl (C=O) groups excluding carboxylic acids is 4. The van der Waals surface area contributed by atoms with Gasteiger partial charge in [-0.2, -0.15) is 15.3 Å². The van der Waals surface area contributed by atoms with Gasteiger partial charge in [-0.25, -0.2) is 9.97 Å². The van der Waals surface area contributed by atoms with Crippen LogP contribution in [-0.2, 0) is 19.6 Å². The Bertz CT molecular complexity index is 2410. The highest BCUT2D eigenvalue weighted by Crippen LogP contribution is 2.33. The highest BCUT2D eigenvalue weighted by molar-refractivity contribution is 6.05. The van der Waals surface area contributed by atoms with E-state index < -0.39 is 17.7 Å². The van der Waals surface area contributed by atoms with Gasteiger partial charge in [0, 0.05) is 30.8 Å². The van der Waals surface area contributed by atoms with E-state index in [4.69, 9.17) is 15.2 Å². The molecule has 0 saturated carbocycles. The molecule has 0 aliphatic carbocycles. The van der Waals surface area contributed by atoms with E-state index in [1.54, 1.807) is 38.9 Å². The number of ether oxygens (including phenoxy) is 2. The molecule has 18 nitrogen and oxygen atoms in total. The Kier molecular flexibility index (Phi) is 11.5. The summed E-state index contributed by atoms with van der Waals surface area (Å²) >= 11 is 0. The van der Waals surface area contributed by atoms with E-state index in [2.05, 4.69) is 41.2 Å². The molecule has 3 amide bonds. The summed E-state index contributed by atoms with van der Waals surface area (Å²) < 4.78 is 16.9. The molecular weight excluding hydrogens is 708 g/mol. The fourth-order valence-corrected chi connectivity index (χ4v) is 6.03. The lowest BCUT2D eigenvalue weighted by Gasteiger charge is -2.13. The number of aldehydes is 1. The predicted octanol–water partition coefficient (Wildman–Crippen LogP) is 3.37. The lowest BCUT2D eigenvalue weighted by Crippen LogP contribution is -2.20. The maximum Gasteiger partial charge on any atom is 0.276 e. The molecule has 0 atom stereocenters. The number of carbonyl (C=O) groups is 4. The minimum absolute atomic E-state index is 0.185. The third-order valence-electron chi connectivity index (χ3n) is 8.58. The average molecular weight is 749 g/mol. The van der Waals surface area contributed by atoms with Crippen molar-refractivity contribution in [3.63, 3.8) is 0 Å². The van der Waals surface area contributed by atoms with Gasteiger partial charge in [0.15, 0.2) is 0 Å². The predicted molar refractivity (Wildman–Crippen MR) is 204 cm³/mol. The van der Waals surface area contributed by atoms with Gasteiger partial charge in [0.1, 0.15) is 34.5 Å². The number of nitrogens with one attached hydrogen (secondary N) is 3. The monoisotopic (exact) mass is 748 g/mol. The van der Waals surface area contributed by atoms with Crippen LogP contribution >= 0.6 is 0 Å². The van der Waals surface area contributed by atoms with E-state index in [0.29, 0.717) is 76.4 Å². The Morgan fingerprint density at radius 1 is 0.891 bits per heavy atom. The Morgan fingerprint density at radius 3 is 2.20 bits per heavy atom. The molecule has 55 heavy (non-hydrogen) atoms. The molecule has 4 aromatic heterocycles. The largest absolute Gasteiger partial charge is 0.494 e. The number of primary amides is 1. The highest BCUT2D eigenvalue weighted by Gasteiger charge is 2.22. The van der Waals surface area contributed by atoms with E-state index in [-0.39, 0.29) is 36.1 Å². The van der Waals surface area contributed by atoms with Crippen LogP contribution in [0, 0.1) is 6.92 Å². The molecule has 4 heterocycles. The smallest absolute Gasteiger partial charge is 0.276 e. The summed E-state index contributed by atoms with van der Waals surface area (Å²) in [4.78, 5) is 60.2. The van der Waals surface area contributed by atoms with Gasteiger partial charge in [-0.05, 0) is 70.3 Å². The minimum Gasteiger partial charge on any atom is -0.494 e. The number of hydrogen-bond acceptors (Lipinski definition) is 12. The number of aryl methyl sites for hydroxylation is 2. The number of nitrogens with zero attached hydrogens (tertiary/aromatic N) is 8. The van der Waals surface area contributed by atoms with Crippen LogP contribution in [0.5, 0.6) is 11.5 Å². The zero-order valence-corrected chi connectivity index (χ0v) is 30.7. The summed E-state index contributed by atoms with van der Waals surface area (Å²) in [6.45, 7) is 5.64. The maximum absolute atomic E-state index is 13.6. The summed E-state index contributed by atoms with van der Waals surface area (Å²) in [5, 5.41) is 20.8. The summed E-state index contributed by atoms with van der Waals surface area (Å²) in [6, 6.07) is 9.53. The van der Waals surface area contributed by atoms with Crippen molar-refractivity contribution in [2.75, 3.05) is 37.9 Å². The molecule has 284 valence electrons. The Morgan fingerprint density at radius 2 is 1.58 bits per heavy atom. The van der Waals surface area contributed by atoms with Gasteiger partial charge in [-0.3, -0.25) is 34.5 Å². The van der Waals surface area contributed by atoms with E-state index in [9.17, 15) is 19.2 Å². The van der Waals surface area contributed by atoms with Crippen molar-refractivity contribution in [1.29, 1.82) is 0 Å². The standard InChI is InChI=1S/C37H40N12O6/c1-5-49-28(15-22(2)46-49)35(53)45-37-43-27-18-25(33(38)51)19-29(54-4)31(27)47(37)12-6-7-13-48-32-26(16-23(21-50)17-30(32)55-14-8-10-39-3)42-36(48)44-34(52)24-9-11-40-41-20-24/h6-7,9,11,15-21,39H,5,8,10,12-14H2,1-4H3,(H2,38,51)(H,42,44,52)(H,43,45,53)/b7-6+. The normalized spacial score (nSPS) is 11.3. The number of anilines is 2. The molecule has 0 aliphatic rings. The number of fused-ring (bicyclic) bond motifs is 2. The second-order valence-corrected chi connectivity index (χ2v) is 12.3. The third-order valence-corrected chi connectivity index (χ3v) is 8.58. The molecule has 0 fully saturated rings. The summed E-state index contributed by atoms with van der Waals surface area (Å²) in [6.07, 6.45) is 7.86. The quantitative estimate of drug-likeness (QED) is 0.0598. The van der Waals surface area contributed by atoms with Gasteiger partial charge in [-0.1, -0.05) is 12.2 Å². The summed E-state index contributed by atoms with van der Waals surface area (Å²) in [5.74, 6) is -0.414. The topological polar surface area (TPSA) is 228 Å². The van der Waals surface area contributed by atoms with E-state index in [0.717, 1.165) is 6.54 Å². The first kappa shape index (κ1) is 37.8. The van der Waals surface area contributed by atoms with Crippen molar-refractivity contribution < 1.29 is 28.7 Å². The van der Waals surface area contributed by atoms with Crippen molar-refractivity contribution in [3.05, 3.63) is 89.0 Å². The number of aromatic nitrogens is 8. The molecular formula is C37H40N12O6. The van der Waals surface area contributed by atoms with Crippen LogP contribution in [0.15, 0.2) is 60.9 Å². The van der Waals surface area contributed by atoms with Crippen molar-refractivity contribution >= 4 is 58.0 Å². The second kappa shape index (κ2) is 16.8. The molecule has 2 aromatic carbocycles. The fraction of sp³-hybridized carbons (Fsp3) is 0.270. The van der Waals surface area contributed by atoms with Crippen LogP contribution < -0.4 is 31.2 Å². The van der Waals surface area contributed by atoms with Crippen molar-refractivity contribution in [2.24, 2.45) is 5.73 Å². The highest BCUT2D eigenvalue weighted by atomic mass is 16.5. The number of rotatable bonds is 17. The van der Waals surface area contributed by atoms with Gasteiger partial charge in [0.25, 0.3) is 11.8 Å². The number of amides is 3. The van der Waals surface area contributed by atoms with Crippen molar-refractivity contribution in [2.45, 2.75) is 39.9 Å². The summed E-state index contributed by atoms with van der Waals surface area (Å²) in [7, 11) is 3.31. The molecule has 18 heteroatoms. The number of nitrogens with two attached hydrogens (primary N) is 1. The Balaban J connectivity index is 1.39. The molecule has 6 rings (SSSR count). The average Bonchev–Trinajstić information content (AvgIpc) is 3.86. The van der Waals surface area contributed by atoms with Crippen LogP contribution in [0.1, 0.15) is 60.6 Å². The van der Waals surface area contributed by atoms with E-state index in [1.165, 1.54) is 37.7 Å². The van der Waals surface area contributed by atoms with E-state index in [1.807, 2.05) is 26.1 Å². The first-order chi connectivity index (χ1) is 26.6. The number of methoxy groups -OCH3 is 1. The number of hydrogen-bond donors (Lipinski definition) is 4. The van der Waals surface area contributed by atoms with E-state index >= 15 is 0 Å². The Hall–Kier alpha value is -6.95. The van der Waals surface area contributed by atoms with Crippen LogP contribution in [0.25, 0.3) is 22.1 Å². The minimum atomic E-state index is -0.663. The fourth-order valence-electron chi connectivity index (χ4n) is 6.03. The van der Waals surface area contributed by atoms with Crippen LogP contribution in [0.4, 0.5) is 11.9 Å². The molecule has 0 spiro atoms. The zero-order valence-electron chi connectivity index (χ0n) is 30.7. The molecule has 0 aliphatic heterocycles. The second-order valence-electron chi connectivity index (χ2n) is 12.3. The van der Waals surface area contributed by atoms with Crippen LogP contribution in [0.2, 0.25) is 0 Å². The maximum atomic E-state index is 13.6. The van der Waals surface area contributed by atoms with Crippen molar-refractivity contribution in [3.8, 4) is 11.5 Å². The molecule has 0 saturated heterocycles. The third kappa shape index (κ3) is 8.18. The molecule has 0 unspecified atom stereocenters. The number of benzene rings is 2. The van der Waals surface area contributed by atoms with Crippen LogP contribution in [0.3, 0.4) is 0 Å². The van der Waals surface area contributed by atoms with Gasteiger partial charge in [-0.15, -0.1) is 0 Å².